The lowest BCUT2D eigenvalue weighted by Crippen LogP contribution is -1.90. The van der Waals surface area contributed by atoms with Gasteiger partial charge in [0, 0.05) is 16.9 Å². The topological polar surface area (TPSA) is 12.9 Å². The third-order valence-electron chi connectivity index (χ3n) is 2.33. The zero-order chi connectivity index (χ0) is 7.84. The predicted octanol–water partition coefficient (Wildman–Crippen LogP) is 2.78. The van der Waals surface area contributed by atoms with Crippen LogP contribution in [0, 0.1) is 0 Å². The molecule has 1 aliphatic carbocycles. The Morgan fingerprint density at radius 2 is 2.45 bits per heavy atom. The summed E-state index contributed by atoms with van der Waals surface area (Å²) in [6.45, 7) is 2.20. The van der Waals surface area contributed by atoms with Crippen LogP contribution in [0.1, 0.15) is 30.5 Å². The predicted molar refractivity (Wildman–Crippen MR) is 46.0 cm³/mol. The van der Waals surface area contributed by atoms with Crippen LogP contribution >= 0.6 is 11.6 Å². The summed E-state index contributed by atoms with van der Waals surface area (Å²) in [5.41, 5.74) is 2.47. The van der Waals surface area contributed by atoms with Crippen molar-refractivity contribution in [2.24, 2.45) is 0 Å². The maximum Gasteiger partial charge on any atom is 0.0478 e. The van der Waals surface area contributed by atoms with Crippen LogP contribution in [0.2, 0.25) is 5.02 Å². The first-order chi connectivity index (χ1) is 5.29. The fraction of sp³-hybridized carbons (Fsp3) is 0.444. The molecule has 1 aromatic heterocycles. The van der Waals surface area contributed by atoms with Crippen LogP contribution in [0.3, 0.4) is 0 Å². The van der Waals surface area contributed by atoms with Gasteiger partial charge in [-0.15, -0.1) is 0 Å². The van der Waals surface area contributed by atoms with E-state index >= 15 is 0 Å². The van der Waals surface area contributed by atoms with Gasteiger partial charge in [0.15, 0.2) is 0 Å². The number of hydrogen-bond acceptors (Lipinski definition) is 1. The number of nitrogens with zero attached hydrogens (tertiary/aromatic N) is 1. The lowest BCUT2D eigenvalue weighted by molar-refractivity contribution is 0.731. The summed E-state index contributed by atoms with van der Waals surface area (Å²) in [6, 6.07) is 1.87. The van der Waals surface area contributed by atoms with Gasteiger partial charge in [-0.1, -0.05) is 18.5 Å². The van der Waals surface area contributed by atoms with E-state index in [4.69, 9.17) is 11.6 Å². The molecule has 0 spiro atoms. The molecule has 2 rings (SSSR count). The summed E-state index contributed by atoms with van der Waals surface area (Å²) >= 11 is 5.99. The highest BCUT2D eigenvalue weighted by atomic mass is 35.5. The van der Waals surface area contributed by atoms with E-state index in [0.717, 1.165) is 11.4 Å². The number of halogens is 1. The van der Waals surface area contributed by atoms with Gasteiger partial charge in [-0.3, -0.25) is 4.98 Å². The molecule has 2 heteroatoms. The molecule has 11 heavy (non-hydrogen) atoms. The first kappa shape index (κ1) is 7.11. The van der Waals surface area contributed by atoms with E-state index in [9.17, 15) is 0 Å². The normalized spacial score (nSPS) is 21.8. The van der Waals surface area contributed by atoms with E-state index in [0.29, 0.717) is 5.92 Å². The minimum absolute atomic E-state index is 0.601. The second kappa shape index (κ2) is 2.49. The molecule has 1 unspecified atom stereocenters. The van der Waals surface area contributed by atoms with Gasteiger partial charge in [-0.2, -0.15) is 0 Å². The Morgan fingerprint density at radius 1 is 1.64 bits per heavy atom. The quantitative estimate of drug-likeness (QED) is 0.579. The molecule has 1 aliphatic rings. The minimum Gasteiger partial charge on any atom is -0.261 e. The van der Waals surface area contributed by atoms with Crippen molar-refractivity contribution in [3.8, 4) is 0 Å². The van der Waals surface area contributed by atoms with Crippen LogP contribution in [-0.2, 0) is 6.42 Å². The fourth-order valence-corrected chi connectivity index (χ4v) is 1.90. The number of hydrogen-bond donors (Lipinski definition) is 0. The number of pyridine rings is 1. The van der Waals surface area contributed by atoms with Gasteiger partial charge in [0.2, 0.25) is 0 Å². The molecule has 1 heterocycles. The van der Waals surface area contributed by atoms with Crippen LogP contribution in [-0.4, -0.2) is 4.98 Å². The fourth-order valence-electron chi connectivity index (χ4n) is 1.65. The summed E-state index contributed by atoms with van der Waals surface area (Å²) in [6.07, 6.45) is 4.10. The second-order valence-corrected chi connectivity index (χ2v) is 3.50. The van der Waals surface area contributed by atoms with Crippen molar-refractivity contribution < 1.29 is 0 Å². The highest BCUT2D eigenvalue weighted by Gasteiger charge is 2.21. The highest BCUT2D eigenvalue weighted by Crippen LogP contribution is 2.34. The number of rotatable bonds is 0. The number of aromatic nitrogens is 1. The van der Waals surface area contributed by atoms with Gasteiger partial charge < -0.3 is 0 Å². The van der Waals surface area contributed by atoms with Crippen molar-refractivity contribution >= 4 is 11.6 Å². The molecule has 1 atom stereocenters. The van der Waals surface area contributed by atoms with Gasteiger partial charge in [0.1, 0.15) is 0 Å². The summed E-state index contributed by atoms with van der Waals surface area (Å²) in [5.74, 6) is 0.601. The van der Waals surface area contributed by atoms with Gasteiger partial charge in [-0.25, -0.2) is 0 Å². The van der Waals surface area contributed by atoms with Crippen molar-refractivity contribution in [2.75, 3.05) is 0 Å². The molecule has 0 amide bonds. The maximum atomic E-state index is 5.99. The lowest BCUT2D eigenvalue weighted by atomic mass is 10.1. The zero-order valence-electron chi connectivity index (χ0n) is 6.47. The molecule has 58 valence electrons. The van der Waals surface area contributed by atoms with Crippen molar-refractivity contribution in [3.63, 3.8) is 0 Å². The molecule has 1 aromatic rings. The number of fused-ring (bicyclic) bond motifs is 1. The molecule has 0 fully saturated rings. The first-order valence-electron chi connectivity index (χ1n) is 3.92. The summed E-state index contributed by atoms with van der Waals surface area (Å²) in [7, 11) is 0. The van der Waals surface area contributed by atoms with E-state index in [-0.39, 0.29) is 0 Å². The summed E-state index contributed by atoms with van der Waals surface area (Å²) in [4.78, 5) is 4.32. The molecule has 0 saturated heterocycles. The van der Waals surface area contributed by atoms with Crippen molar-refractivity contribution in [3.05, 3.63) is 28.5 Å². The molecular formula is C9H10ClN. The van der Waals surface area contributed by atoms with Crippen LogP contribution in [0.4, 0.5) is 0 Å². The third kappa shape index (κ3) is 1.04. The summed E-state index contributed by atoms with van der Waals surface area (Å²) < 4.78 is 0. The second-order valence-electron chi connectivity index (χ2n) is 3.10. The smallest absolute Gasteiger partial charge is 0.0478 e. The molecular weight excluding hydrogens is 158 g/mol. The Morgan fingerprint density at radius 3 is 3.18 bits per heavy atom. The Labute approximate surface area is 71.4 Å². The van der Waals surface area contributed by atoms with Gasteiger partial charge >= 0.3 is 0 Å². The molecule has 1 nitrogen and oxygen atoms in total. The van der Waals surface area contributed by atoms with Gasteiger partial charge in [-0.05, 0) is 30.4 Å². The van der Waals surface area contributed by atoms with Crippen LogP contribution < -0.4 is 0 Å². The molecule has 0 N–H and O–H groups in total. The SMILES string of the molecule is CC1CCc2c(Cl)ccnc21. The molecule has 0 aliphatic heterocycles. The first-order valence-corrected chi connectivity index (χ1v) is 4.30. The monoisotopic (exact) mass is 167 g/mol. The van der Waals surface area contributed by atoms with Crippen molar-refractivity contribution in [1.82, 2.24) is 4.98 Å². The Balaban J connectivity index is 2.57. The largest absolute Gasteiger partial charge is 0.261 e. The highest BCUT2D eigenvalue weighted by molar-refractivity contribution is 6.31. The van der Waals surface area contributed by atoms with Gasteiger partial charge in [0.25, 0.3) is 0 Å². The zero-order valence-corrected chi connectivity index (χ0v) is 7.23. The van der Waals surface area contributed by atoms with E-state index in [1.165, 1.54) is 17.7 Å². The Hall–Kier alpha value is -0.560. The average molecular weight is 168 g/mol. The minimum atomic E-state index is 0.601. The van der Waals surface area contributed by atoms with Crippen LogP contribution in [0.5, 0.6) is 0 Å². The molecule has 0 saturated carbocycles. The Bertz CT molecular complexity index is 283. The van der Waals surface area contributed by atoms with E-state index in [2.05, 4.69) is 11.9 Å². The van der Waals surface area contributed by atoms with Crippen molar-refractivity contribution in [2.45, 2.75) is 25.7 Å². The lowest BCUT2D eigenvalue weighted by Gasteiger charge is -2.02. The maximum absolute atomic E-state index is 5.99. The van der Waals surface area contributed by atoms with Crippen LogP contribution in [0.15, 0.2) is 12.3 Å². The van der Waals surface area contributed by atoms with E-state index < -0.39 is 0 Å². The molecule has 0 bridgehead atoms. The molecule has 0 radical (unpaired) electrons. The van der Waals surface area contributed by atoms with Crippen LogP contribution in [0.25, 0.3) is 0 Å². The van der Waals surface area contributed by atoms with E-state index in [1.807, 2.05) is 6.07 Å². The van der Waals surface area contributed by atoms with E-state index in [1.54, 1.807) is 6.20 Å². The van der Waals surface area contributed by atoms with Gasteiger partial charge in [0.05, 0.1) is 0 Å². The summed E-state index contributed by atoms with van der Waals surface area (Å²) in [5, 5.41) is 0.888. The average Bonchev–Trinajstić information content (AvgIpc) is 2.35. The third-order valence-corrected chi connectivity index (χ3v) is 2.68. The Kier molecular flexibility index (Phi) is 1.61. The van der Waals surface area contributed by atoms with Crippen molar-refractivity contribution in [1.29, 1.82) is 0 Å². The molecule has 0 aromatic carbocycles. The standard InChI is InChI=1S/C9H10ClN/c1-6-2-3-7-8(10)4-5-11-9(6)7/h4-6H,2-3H2,1H3.